The van der Waals surface area contributed by atoms with Crippen LogP contribution in [0.4, 0.5) is 0 Å². The molecule has 3 unspecified atom stereocenters. The Balaban J connectivity index is 0.00000192. The molecule has 1 aromatic heterocycles. The van der Waals surface area contributed by atoms with E-state index in [0.29, 0.717) is 18.0 Å². The molecule has 2 aromatic rings. The first-order valence-electron chi connectivity index (χ1n) is 10.6. The molecule has 2 N–H and O–H groups in total. The van der Waals surface area contributed by atoms with Crippen LogP contribution < -0.4 is 10.6 Å². The van der Waals surface area contributed by atoms with Crippen molar-refractivity contribution in [3.05, 3.63) is 47.3 Å². The highest BCUT2D eigenvalue weighted by molar-refractivity contribution is 5.85. The van der Waals surface area contributed by atoms with E-state index < -0.39 is 0 Å². The van der Waals surface area contributed by atoms with Gasteiger partial charge in [0.15, 0.2) is 0 Å². The number of hydrogen-bond acceptors (Lipinski definition) is 4. The second-order valence-corrected chi connectivity index (χ2v) is 8.19. The maximum atomic E-state index is 5.71. The lowest BCUT2D eigenvalue weighted by molar-refractivity contribution is 0.0524. The fourth-order valence-corrected chi connectivity index (χ4v) is 5.25. The van der Waals surface area contributed by atoms with Gasteiger partial charge in [0.25, 0.3) is 0 Å². The average Bonchev–Trinajstić information content (AvgIpc) is 3.45. The quantitative estimate of drug-likeness (QED) is 0.807. The first-order valence-corrected chi connectivity index (χ1v) is 10.6. The predicted octanol–water partition coefficient (Wildman–Crippen LogP) is 3.03. The van der Waals surface area contributed by atoms with E-state index in [1.54, 1.807) is 0 Å². The summed E-state index contributed by atoms with van der Waals surface area (Å²) in [5.41, 5.74) is 5.34. The molecule has 1 aliphatic heterocycles. The third-order valence-corrected chi connectivity index (χ3v) is 6.58. The molecule has 0 amide bonds. The van der Waals surface area contributed by atoms with E-state index in [-0.39, 0.29) is 12.4 Å². The standard InChI is InChI=1S/C22H30N4O.ClH/c1-2-6-16(7-3-1)26-22-11-5-9-18(22)20(25-26)14-24-19-10-4-8-17(19)21-15-27-13-12-23-21;/h1-3,6-7,17,19,21,23-24H,4-5,8-15H2;1H. The number of nitrogens with zero attached hydrogens (tertiary/aromatic N) is 2. The van der Waals surface area contributed by atoms with Crippen molar-refractivity contribution in [2.75, 3.05) is 19.8 Å². The van der Waals surface area contributed by atoms with Gasteiger partial charge in [0.1, 0.15) is 0 Å². The third-order valence-electron chi connectivity index (χ3n) is 6.58. The van der Waals surface area contributed by atoms with Crippen LogP contribution in [-0.2, 0) is 24.1 Å². The molecule has 2 heterocycles. The maximum absolute atomic E-state index is 5.71. The lowest BCUT2D eigenvalue weighted by Gasteiger charge is -2.33. The number of benzene rings is 1. The number of hydrogen-bond donors (Lipinski definition) is 2. The van der Waals surface area contributed by atoms with Gasteiger partial charge in [-0.2, -0.15) is 5.10 Å². The van der Waals surface area contributed by atoms with Gasteiger partial charge >= 0.3 is 0 Å². The number of fused-ring (bicyclic) bond motifs is 1. The Morgan fingerprint density at radius 2 is 2.04 bits per heavy atom. The van der Waals surface area contributed by atoms with Crippen molar-refractivity contribution in [1.82, 2.24) is 20.4 Å². The Morgan fingerprint density at radius 1 is 1.14 bits per heavy atom. The van der Waals surface area contributed by atoms with Crippen molar-refractivity contribution in [2.24, 2.45) is 5.92 Å². The van der Waals surface area contributed by atoms with E-state index in [2.05, 4.69) is 45.6 Å². The van der Waals surface area contributed by atoms with Crippen LogP contribution >= 0.6 is 12.4 Å². The van der Waals surface area contributed by atoms with E-state index in [1.165, 1.54) is 54.7 Å². The van der Waals surface area contributed by atoms with Crippen LogP contribution in [0.2, 0.25) is 0 Å². The zero-order valence-corrected chi connectivity index (χ0v) is 17.2. The number of aromatic nitrogens is 2. The molecule has 3 aliphatic rings. The zero-order chi connectivity index (χ0) is 18.1. The van der Waals surface area contributed by atoms with Crippen LogP contribution in [0.25, 0.3) is 5.69 Å². The Labute approximate surface area is 173 Å². The molecule has 0 spiro atoms. The predicted molar refractivity (Wildman–Crippen MR) is 113 cm³/mol. The molecule has 152 valence electrons. The van der Waals surface area contributed by atoms with Crippen molar-refractivity contribution in [1.29, 1.82) is 0 Å². The van der Waals surface area contributed by atoms with Gasteiger partial charge in [-0.3, -0.25) is 0 Å². The number of ether oxygens (including phenoxy) is 1. The smallest absolute Gasteiger partial charge is 0.0801 e. The SMILES string of the molecule is Cl.c1ccc(-n2nc(CNC3CCCC3C3COCCN3)c3c2CCC3)cc1. The first-order chi connectivity index (χ1) is 13.4. The highest BCUT2D eigenvalue weighted by Crippen LogP contribution is 2.31. The van der Waals surface area contributed by atoms with Crippen LogP contribution in [0.3, 0.4) is 0 Å². The minimum absolute atomic E-state index is 0. The van der Waals surface area contributed by atoms with Gasteiger partial charge in [0.2, 0.25) is 0 Å². The van der Waals surface area contributed by atoms with Crippen molar-refractivity contribution in [3.63, 3.8) is 0 Å². The summed E-state index contributed by atoms with van der Waals surface area (Å²) in [5, 5.41) is 12.6. The van der Waals surface area contributed by atoms with Gasteiger partial charge in [0.05, 0.1) is 24.6 Å². The van der Waals surface area contributed by atoms with E-state index in [4.69, 9.17) is 9.84 Å². The van der Waals surface area contributed by atoms with Crippen molar-refractivity contribution < 1.29 is 4.74 Å². The van der Waals surface area contributed by atoms with E-state index in [1.807, 2.05) is 0 Å². The summed E-state index contributed by atoms with van der Waals surface area (Å²) >= 11 is 0. The van der Waals surface area contributed by atoms with Gasteiger partial charge in [-0.25, -0.2) is 4.68 Å². The molecule has 5 nitrogen and oxygen atoms in total. The molecule has 6 heteroatoms. The zero-order valence-electron chi connectivity index (χ0n) is 16.4. The minimum atomic E-state index is 0. The largest absolute Gasteiger partial charge is 0.379 e. The van der Waals surface area contributed by atoms with E-state index in [0.717, 1.165) is 32.7 Å². The monoisotopic (exact) mass is 402 g/mol. The summed E-state index contributed by atoms with van der Waals surface area (Å²) in [4.78, 5) is 0. The first kappa shape index (κ1) is 19.9. The fraction of sp³-hybridized carbons (Fsp3) is 0.591. The van der Waals surface area contributed by atoms with E-state index >= 15 is 0 Å². The molecule has 0 bridgehead atoms. The van der Waals surface area contributed by atoms with Gasteiger partial charge in [-0.1, -0.05) is 24.6 Å². The van der Waals surface area contributed by atoms with Crippen LogP contribution in [0.15, 0.2) is 30.3 Å². The van der Waals surface area contributed by atoms with Gasteiger partial charge in [-0.05, 0) is 55.7 Å². The van der Waals surface area contributed by atoms with Crippen molar-refractivity contribution in [2.45, 2.75) is 57.2 Å². The maximum Gasteiger partial charge on any atom is 0.0801 e. The second kappa shape index (κ2) is 8.95. The number of nitrogens with one attached hydrogen (secondary N) is 2. The van der Waals surface area contributed by atoms with Gasteiger partial charge in [-0.15, -0.1) is 12.4 Å². The summed E-state index contributed by atoms with van der Waals surface area (Å²) in [6, 6.07) is 11.7. The second-order valence-electron chi connectivity index (χ2n) is 8.19. The number of morpholine rings is 1. The normalized spacial score (nSPS) is 26.8. The Hall–Kier alpha value is -1.40. The summed E-state index contributed by atoms with van der Waals surface area (Å²) in [5.74, 6) is 0.676. The molecular weight excluding hydrogens is 372 g/mol. The van der Waals surface area contributed by atoms with Crippen LogP contribution in [0.5, 0.6) is 0 Å². The molecule has 1 saturated carbocycles. The summed E-state index contributed by atoms with van der Waals surface area (Å²) in [7, 11) is 0. The third kappa shape index (κ3) is 3.86. The van der Waals surface area contributed by atoms with E-state index in [9.17, 15) is 0 Å². The number of rotatable bonds is 5. The minimum Gasteiger partial charge on any atom is -0.379 e. The van der Waals surface area contributed by atoms with Gasteiger partial charge < -0.3 is 15.4 Å². The summed E-state index contributed by atoms with van der Waals surface area (Å²) in [6.45, 7) is 3.59. The number of halogens is 1. The molecular formula is C22H31ClN4O. The summed E-state index contributed by atoms with van der Waals surface area (Å²) in [6.07, 6.45) is 7.46. The lowest BCUT2D eigenvalue weighted by Crippen LogP contribution is -2.50. The van der Waals surface area contributed by atoms with Crippen LogP contribution in [0, 0.1) is 5.92 Å². The Bertz CT molecular complexity index is 772. The fourth-order valence-electron chi connectivity index (χ4n) is 5.25. The molecule has 0 radical (unpaired) electrons. The highest BCUT2D eigenvalue weighted by Gasteiger charge is 2.35. The van der Waals surface area contributed by atoms with Crippen LogP contribution in [0.1, 0.15) is 42.6 Å². The molecule has 1 saturated heterocycles. The topological polar surface area (TPSA) is 51.1 Å². The van der Waals surface area contributed by atoms with Crippen LogP contribution in [-0.4, -0.2) is 41.6 Å². The number of para-hydroxylation sites is 1. The Kier molecular flexibility index (Phi) is 6.36. The Morgan fingerprint density at radius 3 is 2.86 bits per heavy atom. The molecule has 3 atom stereocenters. The lowest BCUT2D eigenvalue weighted by atomic mass is 9.94. The van der Waals surface area contributed by atoms with Crippen molar-refractivity contribution >= 4 is 12.4 Å². The molecule has 28 heavy (non-hydrogen) atoms. The van der Waals surface area contributed by atoms with Gasteiger partial charge in [0, 0.05) is 30.9 Å². The highest BCUT2D eigenvalue weighted by atomic mass is 35.5. The summed E-state index contributed by atoms with van der Waals surface area (Å²) < 4.78 is 7.90. The molecule has 1 aromatic carbocycles. The molecule has 5 rings (SSSR count). The van der Waals surface area contributed by atoms with Crippen molar-refractivity contribution in [3.8, 4) is 5.69 Å². The molecule has 2 aliphatic carbocycles. The molecule has 2 fully saturated rings. The average molecular weight is 403 g/mol.